The topological polar surface area (TPSA) is 175 Å². The zero-order valence-corrected chi connectivity index (χ0v) is 26.5. The zero-order valence-electron chi connectivity index (χ0n) is 25.7. The third-order valence-corrected chi connectivity index (χ3v) is 8.97. The fraction of sp³-hybridized carbons (Fsp3) is 0.286. The molecule has 3 aromatic carbocycles. The second-order valence-electron chi connectivity index (χ2n) is 11.2. The molecule has 0 fully saturated rings. The van der Waals surface area contributed by atoms with Crippen LogP contribution in [0.3, 0.4) is 0 Å². The number of para-hydroxylation sites is 2. The number of aliphatic imine (C=N–C) groups is 2. The van der Waals surface area contributed by atoms with Crippen molar-refractivity contribution >= 4 is 56.0 Å². The van der Waals surface area contributed by atoms with Gasteiger partial charge in [0.15, 0.2) is 11.0 Å². The third-order valence-electron chi connectivity index (χ3n) is 7.92. The smallest absolute Gasteiger partial charge is 0.245 e. The number of rotatable bonds is 15. The van der Waals surface area contributed by atoms with Gasteiger partial charge < -0.3 is 26.9 Å². The largest absolute Gasteiger partial charge is 0.862 e. The first-order valence-electron chi connectivity index (χ1n) is 15.4. The van der Waals surface area contributed by atoms with Gasteiger partial charge in [0.25, 0.3) is 0 Å². The third kappa shape index (κ3) is 8.16. The fourth-order valence-corrected chi connectivity index (χ4v) is 6.39. The standard InChI is InChI=1S/C35H39N7O3S/c1-2-23(20-24-21-39-26-14-7-6-13-25(24)26)32(44)41-29(19-22-11-4-3-5-12-22)33(45)40-28(16-10-18-38-35(36)37)31(43)34-42-27-15-8-9-17-30(27)46-34/h3-9,11-15,17,21,23,28-29,39H,2,10,16,18-20H2,1H3,(H,40,45)(H,41,44)(H4,36,37,38)/p-1/t23-,28+,29?/m1/s1. The average molecular weight is 637 g/mol. The van der Waals surface area contributed by atoms with E-state index in [0.29, 0.717) is 36.3 Å². The minimum atomic E-state index is -1.03. The van der Waals surface area contributed by atoms with Crippen LogP contribution in [0.15, 0.2) is 95.0 Å². The maximum atomic E-state index is 13.9. The van der Waals surface area contributed by atoms with Crippen LogP contribution < -0.4 is 21.9 Å². The average Bonchev–Trinajstić information content (AvgIpc) is 3.69. The number of carbonyl (C=O) groups excluding carboxylic acids is 2. The van der Waals surface area contributed by atoms with Crippen molar-refractivity contribution in [3.05, 3.63) is 101 Å². The first-order chi connectivity index (χ1) is 22.3. The Morgan fingerprint density at radius 2 is 1.74 bits per heavy atom. The van der Waals surface area contributed by atoms with Crippen LogP contribution in [0.2, 0.25) is 0 Å². The lowest BCUT2D eigenvalue weighted by molar-refractivity contribution is -0.224. The zero-order chi connectivity index (χ0) is 32.5. The van der Waals surface area contributed by atoms with Crippen molar-refractivity contribution in [3.8, 4) is 0 Å². The highest BCUT2D eigenvalue weighted by molar-refractivity contribution is 7.20. The summed E-state index contributed by atoms with van der Waals surface area (Å²) in [5.74, 6) is -1.61. The minimum absolute atomic E-state index is 0.0450. The summed E-state index contributed by atoms with van der Waals surface area (Å²) in [5, 5.41) is 18.0. The second-order valence-corrected chi connectivity index (χ2v) is 12.2. The lowest BCUT2D eigenvalue weighted by atomic mass is 9.96. The van der Waals surface area contributed by atoms with Crippen LogP contribution in [0.25, 0.3) is 21.1 Å². The number of aromatic nitrogens is 2. The molecule has 0 radical (unpaired) electrons. The molecule has 2 heterocycles. The molecule has 6 N–H and O–H groups in total. The van der Waals surface area contributed by atoms with Crippen LogP contribution >= 0.6 is 11.3 Å². The van der Waals surface area contributed by atoms with E-state index in [2.05, 4.69) is 25.3 Å². The van der Waals surface area contributed by atoms with Crippen molar-refractivity contribution < 1.29 is 14.7 Å². The van der Waals surface area contributed by atoms with Gasteiger partial charge in [-0.25, -0.2) is 4.98 Å². The summed E-state index contributed by atoms with van der Waals surface area (Å²) in [6, 6.07) is 22.9. The van der Waals surface area contributed by atoms with Crippen molar-refractivity contribution in [2.45, 2.75) is 51.1 Å². The Balaban J connectivity index is 1.40. The Morgan fingerprint density at radius 1 is 1.00 bits per heavy atom. The van der Waals surface area contributed by atoms with Gasteiger partial charge in [0.05, 0.1) is 16.3 Å². The molecule has 0 spiro atoms. The van der Waals surface area contributed by atoms with Crippen LogP contribution in [0, 0.1) is 5.92 Å². The Hall–Kier alpha value is -5.03. The van der Waals surface area contributed by atoms with Gasteiger partial charge in [-0.3, -0.25) is 19.6 Å². The maximum absolute atomic E-state index is 13.9. The van der Waals surface area contributed by atoms with Crippen molar-refractivity contribution in [2.75, 3.05) is 6.54 Å². The van der Waals surface area contributed by atoms with Gasteiger partial charge in [-0.2, -0.15) is 0 Å². The van der Waals surface area contributed by atoms with Crippen LogP contribution in [0.5, 0.6) is 0 Å². The van der Waals surface area contributed by atoms with Gasteiger partial charge in [0, 0.05) is 30.1 Å². The molecule has 46 heavy (non-hydrogen) atoms. The molecular weight excluding hydrogens is 598 g/mol. The molecule has 5 aromatic rings. The summed E-state index contributed by atoms with van der Waals surface area (Å²) in [7, 11) is 0. The lowest BCUT2D eigenvalue weighted by Crippen LogP contribution is -2.46. The molecule has 1 amide bonds. The summed E-state index contributed by atoms with van der Waals surface area (Å²) in [5.41, 5.74) is 14.6. The molecule has 10 nitrogen and oxygen atoms in total. The number of guanidine groups is 1. The summed E-state index contributed by atoms with van der Waals surface area (Å²) < 4.78 is 0.875. The first-order valence-corrected chi connectivity index (χ1v) is 16.2. The van der Waals surface area contributed by atoms with E-state index in [4.69, 9.17) is 11.5 Å². The molecule has 3 atom stereocenters. The highest BCUT2D eigenvalue weighted by atomic mass is 32.1. The van der Waals surface area contributed by atoms with E-state index < -0.39 is 23.9 Å². The van der Waals surface area contributed by atoms with Crippen molar-refractivity contribution in [1.82, 2.24) is 15.3 Å². The van der Waals surface area contributed by atoms with Crippen LogP contribution in [-0.2, 0) is 17.6 Å². The predicted molar refractivity (Wildman–Crippen MR) is 183 cm³/mol. The number of Topliss-reactive ketones (excluding diaryl/α,β-unsaturated/α-hetero) is 1. The van der Waals surface area contributed by atoms with Gasteiger partial charge in [0.2, 0.25) is 11.7 Å². The maximum Gasteiger partial charge on any atom is 0.245 e. The molecule has 0 bridgehead atoms. The van der Waals surface area contributed by atoms with E-state index >= 15 is 0 Å². The number of nitrogens with zero attached hydrogens (tertiary/aromatic N) is 3. The molecule has 5 rings (SSSR count). The summed E-state index contributed by atoms with van der Waals surface area (Å²) in [4.78, 5) is 44.0. The second kappa shape index (κ2) is 15.3. The Morgan fingerprint density at radius 3 is 2.50 bits per heavy atom. The molecular formula is C35H38N7O3S-. The monoisotopic (exact) mass is 636 g/mol. The minimum Gasteiger partial charge on any atom is -0.862 e. The molecule has 2 aromatic heterocycles. The number of carbonyl (C=O) groups is 2. The van der Waals surface area contributed by atoms with Crippen LogP contribution in [0.4, 0.5) is 0 Å². The normalized spacial score (nSPS) is 13.7. The van der Waals surface area contributed by atoms with Gasteiger partial charge in [-0.1, -0.05) is 67.6 Å². The number of nitrogens with two attached hydrogens (primary N) is 2. The number of thiazole rings is 1. The number of hydrogen-bond acceptors (Lipinski definition) is 7. The Labute approximate surface area is 271 Å². The van der Waals surface area contributed by atoms with E-state index in [0.717, 1.165) is 26.7 Å². The highest BCUT2D eigenvalue weighted by Gasteiger charge is 2.28. The Bertz CT molecular complexity index is 1810. The number of nitrogens with one attached hydrogen (secondary N) is 2. The fourth-order valence-electron chi connectivity index (χ4n) is 5.43. The van der Waals surface area contributed by atoms with E-state index in [1.54, 1.807) is 0 Å². The van der Waals surface area contributed by atoms with Gasteiger partial charge in [0.1, 0.15) is 6.04 Å². The van der Waals surface area contributed by atoms with Crippen molar-refractivity contribution in [2.24, 2.45) is 27.4 Å². The molecule has 0 saturated carbocycles. The molecule has 238 valence electrons. The van der Waals surface area contributed by atoms with E-state index in [9.17, 15) is 14.7 Å². The number of benzene rings is 3. The van der Waals surface area contributed by atoms with Gasteiger partial charge >= 0.3 is 0 Å². The number of amides is 1. The number of ketones is 1. The summed E-state index contributed by atoms with van der Waals surface area (Å²) in [6.45, 7) is 2.24. The Kier molecular flexibility index (Phi) is 10.8. The number of fused-ring (bicyclic) bond motifs is 2. The van der Waals surface area contributed by atoms with E-state index in [-0.39, 0.29) is 30.5 Å². The molecule has 0 aliphatic carbocycles. The summed E-state index contributed by atoms with van der Waals surface area (Å²) >= 11 is 1.28. The summed E-state index contributed by atoms with van der Waals surface area (Å²) in [6.07, 6.45) is 3.91. The molecule has 0 saturated heterocycles. The lowest BCUT2D eigenvalue weighted by Gasteiger charge is -2.26. The number of hydrogen-bond donors (Lipinski definition) is 4. The van der Waals surface area contributed by atoms with Gasteiger partial charge in [-0.15, -0.1) is 11.3 Å². The van der Waals surface area contributed by atoms with E-state index in [1.165, 1.54) is 11.3 Å². The molecule has 11 heteroatoms. The van der Waals surface area contributed by atoms with Crippen molar-refractivity contribution in [3.63, 3.8) is 0 Å². The SMILES string of the molecule is CC[C@H](Cc1c[nH]c2ccccc12)C([O-])=NC(Cc1ccccc1)C(=O)N[C@@H](CCCN=C(N)N)C(=O)c1nc2ccccc2s1. The van der Waals surface area contributed by atoms with Crippen LogP contribution in [0.1, 0.15) is 47.1 Å². The quantitative estimate of drug-likeness (QED) is 0.0581. The highest BCUT2D eigenvalue weighted by Crippen LogP contribution is 2.25. The number of aromatic amines is 1. The first kappa shape index (κ1) is 32.4. The molecule has 1 unspecified atom stereocenters. The van der Waals surface area contributed by atoms with Gasteiger partial charge in [-0.05, 0) is 66.8 Å². The van der Waals surface area contributed by atoms with Crippen molar-refractivity contribution in [1.29, 1.82) is 0 Å². The molecule has 0 aliphatic rings. The number of H-pyrrole nitrogens is 1. The van der Waals surface area contributed by atoms with Crippen LogP contribution in [-0.4, -0.2) is 52.1 Å². The predicted octanol–water partition coefficient (Wildman–Crippen LogP) is 4.14. The molecule has 0 aliphatic heterocycles. The van der Waals surface area contributed by atoms with E-state index in [1.807, 2.05) is 92.0 Å².